The smallest absolute Gasteiger partial charge is 0.335 e. The molecule has 3 aliphatic rings. The number of hydrogen-bond donors (Lipinski definition) is 2. The van der Waals surface area contributed by atoms with Gasteiger partial charge in [-0.05, 0) is 68.1 Å². The van der Waals surface area contributed by atoms with Gasteiger partial charge in [0.2, 0.25) is 11.8 Å². The summed E-state index contributed by atoms with van der Waals surface area (Å²) in [6.45, 7) is 1.54. The number of carboxylic acid groups (broad SMARTS) is 1. The van der Waals surface area contributed by atoms with E-state index >= 15 is 0 Å². The second-order valence-electron chi connectivity index (χ2n) is 10.3. The van der Waals surface area contributed by atoms with E-state index in [-0.39, 0.29) is 41.8 Å². The van der Waals surface area contributed by atoms with Gasteiger partial charge in [0.05, 0.1) is 44.0 Å². The van der Waals surface area contributed by atoms with E-state index in [1.165, 1.54) is 12.1 Å². The van der Waals surface area contributed by atoms with Crippen LogP contribution in [0.2, 0.25) is 0 Å². The van der Waals surface area contributed by atoms with E-state index in [1.54, 1.807) is 31.4 Å². The number of hydrogen-bond acceptors (Lipinski definition) is 7. The first-order chi connectivity index (χ1) is 19.4. The molecule has 2 aliphatic heterocycles. The molecule has 2 aromatic rings. The first-order valence-electron chi connectivity index (χ1n) is 13.5. The number of allylic oxidation sites excluding steroid dienone is 2. The monoisotopic (exact) mass is 546 g/mol. The van der Waals surface area contributed by atoms with Crippen LogP contribution in [0.5, 0.6) is 11.5 Å². The van der Waals surface area contributed by atoms with E-state index in [9.17, 15) is 14.4 Å². The third kappa shape index (κ3) is 5.72. The number of piperidine rings is 1. The van der Waals surface area contributed by atoms with Gasteiger partial charge >= 0.3 is 5.97 Å². The zero-order chi connectivity index (χ0) is 28.2. The molecule has 2 heterocycles. The molecule has 1 saturated heterocycles. The van der Waals surface area contributed by atoms with Crippen LogP contribution < -0.4 is 14.8 Å². The largest absolute Gasteiger partial charge is 0.493 e. The number of nitrogens with zero attached hydrogens (tertiary/aromatic N) is 3. The van der Waals surface area contributed by atoms with Gasteiger partial charge in [0, 0.05) is 30.3 Å². The minimum atomic E-state index is -1.01. The van der Waals surface area contributed by atoms with Crippen LogP contribution in [0.15, 0.2) is 59.7 Å². The maximum Gasteiger partial charge on any atom is 0.335 e. The van der Waals surface area contributed by atoms with Crippen LogP contribution in [-0.4, -0.2) is 78.4 Å². The van der Waals surface area contributed by atoms with Crippen molar-refractivity contribution in [2.24, 2.45) is 16.9 Å². The second-order valence-corrected chi connectivity index (χ2v) is 10.3. The average molecular weight is 547 g/mol. The molecule has 10 nitrogen and oxygen atoms in total. The molecule has 1 fully saturated rings. The average Bonchev–Trinajstić information content (AvgIpc) is 2.98. The van der Waals surface area contributed by atoms with E-state index in [1.807, 2.05) is 18.2 Å². The van der Waals surface area contributed by atoms with Crippen molar-refractivity contribution >= 4 is 29.2 Å². The van der Waals surface area contributed by atoms with E-state index in [0.29, 0.717) is 49.5 Å². The lowest BCUT2D eigenvalue weighted by Crippen LogP contribution is -2.52. The summed E-state index contributed by atoms with van der Waals surface area (Å²) >= 11 is 0. The van der Waals surface area contributed by atoms with Crippen molar-refractivity contribution in [3.63, 3.8) is 0 Å². The van der Waals surface area contributed by atoms with Gasteiger partial charge in [-0.1, -0.05) is 12.2 Å². The van der Waals surface area contributed by atoms with Crippen LogP contribution in [-0.2, 0) is 9.59 Å². The van der Waals surface area contributed by atoms with Gasteiger partial charge in [0.15, 0.2) is 11.5 Å². The molecule has 2 N–H and O–H groups in total. The number of carbonyl (C=O) groups is 3. The molecule has 0 saturated carbocycles. The van der Waals surface area contributed by atoms with Crippen LogP contribution in [0.4, 0.5) is 5.69 Å². The summed E-state index contributed by atoms with van der Waals surface area (Å²) in [4.78, 5) is 39.3. The van der Waals surface area contributed by atoms with Crippen molar-refractivity contribution < 1.29 is 29.0 Å². The summed E-state index contributed by atoms with van der Waals surface area (Å²) in [6.07, 6.45) is 7.10. The Morgan fingerprint density at radius 3 is 2.30 bits per heavy atom. The number of nitrogens with one attached hydrogen (secondary N) is 1. The molecule has 1 aliphatic carbocycles. The maximum absolute atomic E-state index is 13.6. The Kier molecular flexibility index (Phi) is 8.16. The number of methoxy groups -OCH3 is 2. The predicted octanol–water partition coefficient (Wildman–Crippen LogP) is 3.63. The number of rotatable bonds is 8. The van der Waals surface area contributed by atoms with Crippen LogP contribution in [0, 0.1) is 11.8 Å². The Morgan fingerprint density at radius 2 is 1.65 bits per heavy atom. The molecule has 5 rings (SSSR count). The fourth-order valence-electron chi connectivity index (χ4n) is 5.75. The van der Waals surface area contributed by atoms with E-state index in [0.717, 1.165) is 17.7 Å². The van der Waals surface area contributed by atoms with Gasteiger partial charge in [-0.2, -0.15) is 5.10 Å². The standard InChI is InChI=1S/C30H34N4O6/c1-39-25-12-9-20(17-26(25)40-2)28-23-5-3-4-6-24(23)29(36)34(32-28)22-13-15-33(16-14-22)18-27(35)31-21-10-7-19(8-11-21)30(37)38/h3-4,7-12,17,22-24H,5-6,13-16,18H2,1-2H3,(H,31,35)(H,37,38)/t23-,24+/m0/s1. The van der Waals surface area contributed by atoms with Crippen molar-refractivity contribution in [1.82, 2.24) is 9.91 Å². The fourth-order valence-corrected chi connectivity index (χ4v) is 5.75. The predicted molar refractivity (Wildman–Crippen MR) is 150 cm³/mol. The molecule has 10 heteroatoms. The quantitative estimate of drug-likeness (QED) is 0.485. The Morgan fingerprint density at radius 1 is 0.975 bits per heavy atom. The summed E-state index contributed by atoms with van der Waals surface area (Å²) in [5.74, 6) is 0.0225. The Hall–Kier alpha value is -4.18. The fraction of sp³-hybridized carbons (Fsp3) is 0.400. The molecule has 0 radical (unpaired) electrons. The molecular formula is C30H34N4O6. The molecule has 2 atom stereocenters. The number of likely N-dealkylation sites (tertiary alicyclic amines) is 1. The topological polar surface area (TPSA) is 121 Å². The minimum absolute atomic E-state index is 0.0141. The van der Waals surface area contributed by atoms with Crippen molar-refractivity contribution in [2.45, 2.75) is 31.7 Å². The van der Waals surface area contributed by atoms with E-state index in [4.69, 9.17) is 19.7 Å². The first kappa shape index (κ1) is 27.4. The van der Waals surface area contributed by atoms with E-state index < -0.39 is 5.97 Å². The minimum Gasteiger partial charge on any atom is -0.493 e. The number of aromatic carboxylic acids is 1. The molecule has 2 aromatic carbocycles. The molecule has 0 unspecified atom stereocenters. The number of amides is 2. The number of carbonyl (C=O) groups excluding carboxylic acids is 2. The maximum atomic E-state index is 13.6. The highest BCUT2D eigenvalue weighted by atomic mass is 16.5. The number of benzene rings is 2. The third-order valence-corrected chi connectivity index (χ3v) is 7.91. The van der Waals surface area contributed by atoms with Crippen LogP contribution in [0.25, 0.3) is 0 Å². The lowest BCUT2D eigenvalue weighted by Gasteiger charge is -2.42. The lowest BCUT2D eigenvalue weighted by atomic mass is 9.76. The summed E-state index contributed by atoms with van der Waals surface area (Å²) in [5.41, 5.74) is 2.54. The SMILES string of the molecule is COc1ccc(C2=NN(C3CCN(CC(=O)Nc4ccc(C(=O)O)cc4)CC3)C(=O)[C@@H]3CC=CC[C@H]23)cc1OC. The van der Waals surface area contributed by atoms with Crippen LogP contribution in [0.3, 0.4) is 0 Å². The highest BCUT2D eigenvalue weighted by Gasteiger charge is 2.43. The Balaban J connectivity index is 1.26. The number of ether oxygens (including phenoxy) is 2. The van der Waals surface area contributed by atoms with Crippen LogP contribution in [0.1, 0.15) is 41.6 Å². The van der Waals surface area contributed by atoms with Gasteiger partial charge in [0.1, 0.15) is 0 Å². The van der Waals surface area contributed by atoms with Crippen molar-refractivity contribution in [1.29, 1.82) is 0 Å². The van der Waals surface area contributed by atoms with Gasteiger partial charge < -0.3 is 19.9 Å². The molecule has 210 valence electrons. The van der Waals surface area contributed by atoms with E-state index in [2.05, 4.69) is 22.4 Å². The zero-order valence-electron chi connectivity index (χ0n) is 22.7. The van der Waals surface area contributed by atoms with Gasteiger partial charge in [-0.3, -0.25) is 14.5 Å². The zero-order valence-corrected chi connectivity index (χ0v) is 22.7. The molecule has 40 heavy (non-hydrogen) atoms. The molecule has 0 spiro atoms. The lowest BCUT2D eigenvalue weighted by molar-refractivity contribution is -0.141. The third-order valence-electron chi connectivity index (χ3n) is 7.91. The Bertz CT molecular complexity index is 1330. The summed E-state index contributed by atoms with van der Waals surface area (Å²) in [6, 6.07) is 11.8. The summed E-state index contributed by atoms with van der Waals surface area (Å²) in [7, 11) is 3.21. The highest BCUT2D eigenvalue weighted by Crippen LogP contribution is 2.38. The van der Waals surface area contributed by atoms with Crippen molar-refractivity contribution in [3.8, 4) is 11.5 Å². The van der Waals surface area contributed by atoms with Gasteiger partial charge in [-0.15, -0.1) is 0 Å². The molecule has 0 bridgehead atoms. The number of anilines is 1. The normalized spacial score (nSPS) is 21.4. The van der Waals surface area contributed by atoms with Gasteiger partial charge in [0.25, 0.3) is 0 Å². The first-order valence-corrected chi connectivity index (χ1v) is 13.5. The molecule has 2 amide bonds. The van der Waals surface area contributed by atoms with Crippen molar-refractivity contribution in [2.75, 3.05) is 39.2 Å². The second kappa shape index (κ2) is 11.9. The van der Waals surface area contributed by atoms with Gasteiger partial charge in [-0.25, -0.2) is 9.80 Å². The number of carboxylic acids is 1. The highest BCUT2D eigenvalue weighted by molar-refractivity contribution is 6.07. The Labute approximate surface area is 233 Å². The summed E-state index contributed by atoms with van der Waals surface area (Å²) in [5, 5.41) is 18.5. The van der Waals surface area contributed by atoms with Crippen molar-refractivity contribution in [3.05, 3.63) is 65.7 Å². The number of hydrazone groups is 1. The van der Waals surface area contributed by atoms with Crippen LogP contribution >= 0.6 is 0 Å². The number of fused-ring (bicyclic) bond motifs is 1. The summed E-state index contributed by atoms with van der Waals surface area (Å²) < 4.78 is 10.9. The molecular weight excluding hydrogens is 512 g/mol. The molecule has 0 aromatic heterocycles.